The summed E-state index contributed by atoms with van der Waals surface area (Å²) in [4.78, 5) is 24.3. The van der Waals surface area contributed by atoms with E-state index in [2.05, 4.69) is 0 Å². The van der Waals surface area contributed by atoms with Crippen LogP contribution in [0.2, 0.25) is 8.94 Å². The molecule has 2 nitrogen and oxygen atoms in total. The number of carbonyl (C=O) groups excluding carboxylic acids is 2. The summed E-state index contributed by atoms with van der Waals surface area (Å²) in [6.45, 7) is 0. The van der Waals surface area contributed by atoms with E-state index in [1.165, 1.54) is 0 Å². The fourth-order valence-corrected chi connectivity index (χ4v) is 7.94. The summed E-state index contributed by atoms with van der Waals surface area (Å²) in [5.41, 5.74) is 1.17. The molecule has 0 aliphatic rings. The average Bonchev–Trinajstić information content (AvgIpc) is 2.48. The van der Waals surface area contributed by atoms with Crippen molar-refractivity contribution < 1.29 is 9.59 Å². The summed E-state index contributed by atoms with van der Waals surface area (Å²) < 4.78 is 0.183. The maximum absolute atomic E-state index is 12.1. The van der Waals surface area contributed by atoms with Crippen LogP contribution in [0, 0.1) is 0 Å². The Morgan fingerprint density at radius 3 is 1.38 bits per heavy atom. The van der Waals surface area contributed by atoms with Gasteiger partial charge >= 0.3 is 136 Å². The summed E-state index contributed by atoms with van der Waals surface area (Å²) >= 11 is -3.52. The first-order chi connectivity index (χ1) is 9.98. The topological polar surface area (TPSA) is 34.1 Å². The number of carbonyl (C=O) groups is 2. The van der Waals surface area contributed by atoms with Crippen molar-refractivity contribution in [1.29, 1.82) is 0 Å². The predicted octanol–water partition coefficient (Wildman–Crippen LogP) is 4.67. The maximum atomic E-state index is 12.1. The zero-order valence-electron chi connectivity index (χ0n) is 11.2. The second-order valence-corrected chi connectivity index (χ2v) is 19.2. The molecule has 0 spiro atoms. The van der Waals surface area contributed by atoms with Crippen molar-refractivity contribution >= 4 is 45.4 Å². The third kappa shape index (κ3) is 5.13. The molecular formula is C16H14Cl2O2Te. The van der Waals surface area contributed by atoms with Crippen molar-refractivity contribution in [1.82, 2.24) is 0 Å². The Hall–Kier alpha value is -0.850. The van der Waals surface area contributed by atoms with E-state index in [1.54, 1.807) is 48.5 Å². The Balaban J connectivity index is 2.02. The van der Waals surface area contributed by atoms with E-state index in [9.17, 15) is 9.59 Å². The molecule has 0 aliphatic carbocycles. The molecule has 0 heterocycles. The molecule has 2 rings (SSSR count). The van der Waals surface area contributed by atoms with E-state index in [1.807, 2.05) is 12.1 Å². The van der Waals surface area contributed by atoms with Crippen LogP contribution in [0.25, 0.3) is 0 Å². The first kappa shape index (κ1) is 16.5. The van der Waals surface area contributed by atoms with Gasteiger partial charge in [0, 0.05) is 0 Å². The van der Waals surface area contributed by atoms with E-state index in [4.69, 9.17) is 17.9 Å². The van der Waals surface area contributed by atoms with Crippen LogP contribution >= 0.6 is 17.9 Å². The van der Waals surface area contributed by atoms with E-state index >= 15 is 0 Å². The molecule has 0 fully saturated rings. The fourth-order valence-electron chi connectivity index (χ4n) is 1.85. The number of hydrogen-bond donors (Lipinski definition) is 0. The molecule has 110 valence electrons. The average molecular weight is 437 g/mol. The Bertz CT molecular complexity index is 572. The summed E-state index contributed by atoms with van der Waals surface area (Å²) in [5.74, 6) is -0.190. The van der Waals surface area contributed by atoms with Gasteiger partial charge in [0.25, 0.3) is 0 Å². The number of halogens is 2. The molecule has 21 heavy (non-hydrogen) atoms. The SMILES string of the molecule is O=C(C[Te](Cl)(Cl)CC(=O)c1ccccc1)c1ccccc1. The molecular weight excluding hydrogens is 423 g/mol. The van der Waals surface area contributed by atoms with Crippen molar-refractivity contribution in [2.45, 2.75) is 8.94 Å². The summed E-state index contributed by atoms with van der Waals surface area (Å²) in [6, 6.07) is 17.8. The molecule has 0 aromatic heterocycles. The van der Waals surface area contributed by atoms with E-state index in [0.717, 1.165) is 0 Å². The quantitative estimate of drug-likeness (QED) is 0.487. The second kappa shape index (κ2) is 7.42. The van der Waals surface area contributed by atoms with Crippen LogP contribution in [0.5, 0.6) is 0 Å². The number of benzene rings is 2. The van der Waals surface area contributed by atoms with Crippen LogP contribution in [-0.4, -0.2) is 27.5 Å². The summed E-state index contributed by atoms with van der Waals surface area (Å²) in [7, 11) is 12.7. The molecule has 0 unspecified atom stereocenters. The Labute approximate surface area is 135 Å². The van der Waals surface area contributed by atoms with Crippen LogP contribution in [0.4, 0.5) is 0 Å². The van der Waals surface area contributed by atoms with E-state index in [-0.39, 0.29) is 20.5 Å². The van der Waals surface area contributed by atoms with Gasteiger partial charge in [-0.25, -0.2) is 0 Å². The van der Waals surface area contributed by atoms with Gasteiger partial charge in [-0.2, -0.15) is 0 Å². The standard InChI is InChI=1S/C16H14Cl2O2Te/c17-21(18,11-15(19)13-7-3-1-4-8-13)12-16(20)14-9-5-2-6-10-14/h1-10H,11-12H2. The van der Waals surface area contributed by atoms with E-state index < -0.39 is 15.9 Å². The molecule has 0 saturated carbocycles. The molecule has 0 N–H and O–H groups in total. The van der Waals surface area contributed by atoms with Gasteiger partial charge in [-0.15, -0.1) is 0 Å². The van der Waals surface area contributed by atoms with Gasteiger partial charge in [-0.3, -0.25) is 0 Å². The Morgan fingerprint density at radius 2 is 1.05 bits per heavy atom. The number of rotatable bonds is 6. The third-order valence-corrected chi connectivity index (χ3v) is 9.71. The molecule has 2 aromatic rings. The van der Waals surface area contributed by atoms with Gasteiger partial charge in [0.05, 0.1) is 0 Å². The van der Waals surface area contributed by atoms with Gasteiger partial charge in [0.1, 0.15) is 0 Å². The molecule has 0 saturated heterocycles. The third-order valence-electron chi connectivity index (χ3n) is 2.88. The Kier molecular flexibility index (Phi) is 5.84. The van der Waals surface area contributed by atoms with Gasteiger partial charge in [0.2, 0.25) is 0 Å². The number of Topliss-reactive ketones (excluding diaryl/α,β-unsaturated/α-hetero) is 2. The number of ketones is 2. The van der Waals surface area contributed by atoms with Crippen molar-refractivity contribution in [3.05, 3.63) is 71.8 Å². The molecule has 0 atom stereocenters. The van der Waals surface area contributed by atoms with Gasteiger partial charge < -0.3 is 0 Å². The first-order valence-corrected chi connectivity index (χ1v) is 15.5. The minimum atomic E-state index is -3.52. The van der Waals surface area contributed by atoms with E-state index in [0.29, 0.717) is 11.1 Å². The summed E-state index contributed by atoms with van der Waals surface area (Å²) in [6.07, 6.45) is 0. The molecule has 0 radical (unpaired) electrons. The molecule has 0 amide bonds. The zero-order valence-corrected chi connectivity index (χ0v) is 15.0. The second-order valence-electron chi connectivity index (χ2n) is 4.57. The monoisotopic (exact) mass is 438 g/mol. The van der Waals surface area contributed by atoms with Crippen molar-refractivity contribution in [2.75, 3.05) is 0 Å². The predicted molar refractivity (Wildman–Crippen MR) is 88.6 cm³/mol. The fraction of sp³-hybridized carbons (Fsp3) is 0.125. The van der Waals surface area contributed by atoms with Crippen LogP contribution in [0.3, 0.4) is 0 Å². The summed E-state index contributed by atoms with van der Waals surface area (Å²) in [5, 5.41) is 0. The van der Waals surface area contributed by atoms with Crippen LogP contribution < -0.4 is 0 Å². The minimum absolute atomic E-state index is 0.0915. The van der Waals surface area contributed by atoms with Gasteiger partial charge in [-0.1, -0.05) is 0 Å². The first-order valence-electron chi connectivity index (χ1n) is 6.32. The van der Waals surface area contributed by atoms with Gasteiger partial charge in [0.15, 0.2) is 0 Å². The van der Waals surface area contributed by atoms with Crippen LogP contribution in [0.1, 0.15) is 20.7 Å². The van der Waals surface area contributed by atoms with Crippen molar-refractivity contribution in [3.63, 3.8) is 0 Å². The molecule has 2 aromatic carbocycles. The molecule has 0 bridgehead atoms. The molecule has 5 heteroatoms. The Morgan fingerprint density at radius 1 is 0.714 bits per heavy atom. The normalized spacial score (nSPS) is 11.9. The van der Waals surface area contributed by atoms with Crippen molar-refractivity contribution in [2.24, 2.45) is 0 Å². The van der Waals surface area contributed by atoms with Gasteiger partial charge in [-0.05, 0) is 0 Å². The number of hydrogen-bond acceptors (Lipinski definition) is 2. The van der Waals surface area contributed by atoms with Crippen LogP contribution in [-0.2, 0) is 0 Å². The zero-order chi connectivity index (χ0) is 15.3. The van der Waals surface area contributed by atoms with Crippen molar-refractivity contribution in [3.8, 4) is 0 Å². The molecule has 0 aliphatic heterocycles. The van der Waals surface area contributed by atoms with Crippen LogP contribution in [0.15, 0.2) is 60.7 Å².